The standard InChI is InChI=1S/C13H21N3O3S2/c1-10(14)11-5-2-3-7-16(11)12(17)9-15-21(18,19)13-6-4-8-20-13/h4,6,8,10-11,15H,2-3,5,7,9,14H2,1H3. The number of piperidine rings is 1. The average molecular weight is 331 g/mol. The number of rotatable bonds is 5. The van der Waals surface area contributed by atoms with Gasteiger partial charge in [-0.25, -0.2) is 13.1 Å². The maximum absolute atomic E-state index is 12.3. The van der Waals surface area contributed by atoms with Gasteiger partial charge >= 0.3 is 0 Å². The fraction of sp³-hybridized carbons (Fsp3) is 0.615. The molecule has 0 aromatic carbocycles. The number of hydrogen-bond acceptors (Lipinski definition) is 5. The Hall–Kier alpha value is -0.960. The molecule has 0 spiro atoms. The summed E-state index contributed by atoms with van der Waals surface area (Å²) in [7, 11) is -3.60. The number of sulfonamides is 1. The van der Waals surface area contributed by atoms with Crippen LogP contribution in [0.4, 0.5) is 0 Å². The quantitative estimate of drug-likeness (QED) is 0.833. The van der Waals surface area contributed by atoms with E-state index in [2.05, 4.69) is 4.72 Å². The van der Waals surface area contributed by atoms with Crippen molar-refractivity contribution < 1.29 is 13.2 Å². The first-order valence-electron chi connectivity index (χ1n) is 7.00. The summed E-state index contributed by atoms with van der Waals surface area (Å²) in [4.78, 5) is 14.0. The lowest BCUT2D eigenvalue weighted by molar-refractivity contribution is -0.134. The summed E-state index contributed by atoms with van der Waals surface area (Å²) in [6.07, 6.45) is 2.87. The van der Waals surface area contributed by atoms with Gasteiger partial charge in [-0.3, -0.25) is 4.79 Å². The van der Waals surface area contributed by atoms with E-state index >= 15 is 0 Å². The van der Waals surface area contributed by atoms with Crippen molar-refractivity contribution in [1.82, 2.24) is 9.62 Å². The Balaban J connectivity index is 1.98. The molecule has 6 nitrogen and oxygen atoms in total. The number of nitrogens with zero attached hydrogens (tertiary/aromatic N) is 1. The van der Waals surface area contributed by atoms with Crippen molar-refractivity contribution in [2.24, 2.45) is 5.73 Å². The third kappa shape index (κ3) is 4.03. The van der Waals surface area contributed by atoms with Gasteiger partial charge in [0, 0.05) is 18.6 Å². The molecule has 21 heavy (non-hydrogen) atoms. The molecular weight excluding hydrogens is 310 g/mol. The first kappa shape index (κ1) is 16.4. The summed E-state index contributed by atoms with van der Waals surface area (Å²) < 4.78 is 26.6. The highest BCUT2D eigenvalue weighted by Crippen LogP contribution is 2.19. The predicted molar refractivity (Wildman–Crippen MR) is 82.5 cm³/mol. The SMILES string of the molecule is CC(N)C1CCCCN1C(=O)CNS(=O)(=O)c1cccs1. The summed E-state index contributed by atoms with van der Waals surface area (Å²) in [6.45, 7) is 2.31. The highest BCUT2D eigenvalue weighted by atomic mass is 32.2. The molecule has 0 radical (unpaired) electrons. The van der Waals surface area contributed by atoms with Gasteiger partial charge in [-0.2, -0.15) is 0 Å². The molecule has 1 aromatic heterocycles. The molecule has 2 heterocycles. The molecule has 0 bridgehead atoms. The molecular formula is C13H21N3O3S2. The summed E-state index contributed by atoms with van der Waals surface area (Å²) in [5.74, 6) is -0.211. The van der Waals surface area contributed by atoms with Crippen LogP contribution in [0.2, 0.25) is 0 Å². The van der Waals surface area contributed by atoms with Crippen molar-refractivity contribution in [2.45, 2.75) is 42.5 Å². The number of hydrogen-bond donors (Lipinski definition) is 2. The van der Waals surface area contributed by atoms with E-state index in [1.165, 1.54) is 6.07 Å². The van der Waals surface area contributed by atoms with Crippen molar-refractivity contribution in [3.05, 3.63) is 17.5 Å². The number of carbonyl (C=O) groups excluding carboxylic acids is 1. The molecule has 1 saturated heterocycles. The smallest absolute Gasteiger partial charge is 0.250 e. The minimum absolute atomic E-state index is 0.00232. The van der Waals surface area contributed by atoms with E-state index in [0.717, 1.165) is 30.6 Å². The van der Waals surface area contributed by atoms with Gasteiger partial charge in [0.25, 0.3) is 10.0 Å². The van der Waals surface area contributed by atoms with E-state index in [4.69, 9.17) is 5.73 Å². The number of thiophene rings is 1. The van der Waals surface area contributed by atoms with Gasteiger partial charge in [0.05, 0.1) is 6.54 Å². The zero-order valence-electron chi connectivity index (χ0n) is 12.0. The summed E-state index contributed by atoms with van der Waals surface area (Å²) >= 11 is 1.13. The van der Waals surface area contributed by atoms with Crippen molar-refractivity contribution in [3.63, 3.8) is 0 Å². The van der Waals surface area contributed by atoms with Crippen molar-refractivity contribution in [2.75, 3.05) is 13.1 Å². The maximum Gasteiger partial charge on any atom is 0.250 e. The van der Waals surface area contributed by atoms with Crippen LogP contribution in [0.1, 0.15) is 26.2 Å². The van der Waals surface area contributed by atoms with Gasteiger partial charge in [-0.1, -0.05) is 6.07 Å². The molecule has 1 aromatic rings. The Bertz CT molecular complexity index is 569. The normalized spacial score (nSPS) is 21.2. The predicted octanol–water partition coefficient (Wildman–Crippen LogP) is 0.755. The minimum atomic E-state index is -3.60. The highest BCUT2D eigenvalue weighted by molar-refractivity contribution is 7.91. The van der Waals surface area contributed by atoms with Crippen LogP contribution < -0.4 is 10.5 Å². The van der Waals surface area contributed by atoms with Crippen molar-refractivity contribution in [1.29, 1.82) is 0 Å². The second kappa shape index (κ2) is 6.87. The average Bonchev–Trinajstić information content (AvgIpc) is 3.00. The van der Waals surface area contributed by atoms with Crippen LogP contribution >= 0.6 is 11.3 Å². The number of amides is 1. The second-order valence-corrected chi connectivity index (χ2v) is 8.21. The maximum atomic E-state index is 12.3. The van der Waals surface area contributed by atoms with Crippen LogP contribution in [0.25, 0.3) is 0 Å². The van der Waals surface area contributed by atoms with Crippen LogP contribution in [0.3, 0.4) is 0 Å². The zero-order chi connectivity index (χ0) is 15.5. The molecule has 8 heteroatoms. The number of carbonyl (C=O) groups is 1. The Labute approximate surface area is 129 Å². The molecule has 1 aliphatic rings. The molecule has 118 valence electrons. The van der Waals surface area contributed by atoms with Gasteiger partial charge in [-0.15, -0.1) is 11.3 Å². The fourth-order valence-corrected chi connectivity index (χ4v) is 4.57. The minimum Gasteiger partial charge on any atom is -0.337 e. The molecule has 1 fully saturated rings. The van der Waals surface area contributed by atoms with Crippen LogP contribution in [0.15, 0.2) is 21.7 Å². The van der Waals surface area contributed by atoms with E-state index in [1.807, 2.05) is 6.92 Å². The van der Waals surface area contributed by atoms with Gasteiger partial charge in [0.1, 0.15) is 4.21 Å². The van der Waals surface area contributed by atoms with Crippen LogP contribution in [-0.2, 0) is 14.8 Å². The molecule has 1 amide bonds. The second-order valence-electron chi connectivity index (χ2n) is 5.27. The van der Waals surface area contributed by atoms with E-state index in [-0.39, 0.29) is 28.7 Å². The van der Waals surface area contributed by atoms with Gasteiger partial charge in [-0.05, 0) is 37.6 Å². The first-order chi connectivity index (χ1) is 9.92. The Morgan fingerprint density at radius 1 is 1.57 bits per heavy atom. The summed E-state index contributed by atoms with van der Waals surface area (Å²) in [6, 6.07) is 3.07. The number of nitrogens with two attached hydrogens (primary N) is 1. The first-order valence-corrected chi connectivity index (χ1v) is 9.36. The van der Waals surface area contributed by atoms with E-state index in [1.54, 1.807) is 16.3 Å². The van der Waals surface area contributed by atoms with Crippen molar-refractivity contribution in [3.8, 4) is 0 Å². The molecule has 0 aliphatic carbocycles. The molecule has 2 rings (SSSR count). The lowest BCUT2D eigenvalue weighted by Crippen LogP contribution is -2.54. The third-order valence-electron chi connectivity index (χ3n) is 3.65. The van der Waals surface area contributed by atoms with Crippen LogP contribution in [-0.4, -0.2) is 44.4 Å². The molecule has 2 atom stereocenters. The number of nitrogens with one attached hydrogen (secondary N) is 1. The monoisotopic (exact) mass is 331 g/mol. The van der Waals surface area contributed by atoms with E-state index in [9.17, 15) is 13.2 Å². The molecule has 2 unspecified atom stereocenters. The topological polar surface area (TPSA) is 92.5 Å². The fourth-order valence-electron chi connectivity index (χ4n) is 2.56. The van der Waals surface area contributed by atoms with Crippen LogP contribution in [0.5, 0.6) is 0 Å². The summed E-state index contributed by atoms with van der Waals surface area (Å²) in [5, 5.41) is 1.69. The Morgan fingerprint density at radius 3 is 2.95 bits per heavy atom. The lowest BCUT2D eigenvalue weighted by Gasteiger charge is -2.38. The van der Waals surface area contributed by atoms with E-state index < -0.39 is 10.0 Å². The Kier molecular flexibility index (Phi) is 5.37. The summed E-state index contributed by atoms with van der Waals surface area (Å²) in [5.41, 5.74) is 5.92. The molecule has 0 saturated carbocycles. The number of likely N-dealkylation sites (tertiary alicyclic amines) is 1. The lowest BCUT2D eigenvalue weighted by atomic mass is 9.97. The van der Waals surface area contributed by atoms with Crippen molar-refractivity contribution >= 4 is 27.3 Å². The van der Waals surface area contributed by atoms with Gasteiger partial charge < -0.3 is 10.6 Å². The molecule has 3 N–H and O–H groups in total. The van der Waals surface area contributed by atoms with Crippen LogP contribution in [0, 0.1) is 0 Å². The van der Waals surface area contributed by atoms with E-state index in [0.29, 0.717) is 6.54 Å². The third-order valence-corrected chi connectivity index (χ3v) is 6.45. The largest absolute Gasteiger partial charge is 0.337 e. The van der Waals surface area contributed by atoms with Gasteiger partial charge in [0.2, 0.25) is 5.91 Å². The van der Waals surface area contributed by atoms with Gasteiger partial charge in [0.15, 0.2) is 0 Å². The Morgan fingerprint density at radius 2 is 2.33 bits per heavy atom. The highest BCUT2D eigenvalue weighted by Gasteiger charge is 2.29. The molecule has 1 aliphatic heterocycles. The zero-order valence-corrected chi connectivity index (χ0v) is 13.6.